The molecule has 0 bridgehead atoms. The zero-order chi connectivity index (χ0) is 18.2. The summed E-state index contributed by atoms with van der Waals surface area (Å²) in [5.74, 6) is 1.11. The molecule has 1 aliphatic carbocycles. The number of ether oxygens (including phenoxy) is 1. The summed E-state index contributed by atoms with van der Waals surface area (Å²) in [5.41, 5.74) is 1.01. The number of benzene rings is 1. The number of rotatable bonds is 8. The summed E-state index contributed by atoms with van der Waals surface area (Å²) >= 11 is 2.94. The number of hydrogen-bond acceptors (Lipinski definition) is 7. The van der Waals surface area contributed by atoms with Gasteiger partial charge in [-0.25, -0.2) is 0 Å². The predicted molar refractivity (Wildman–Crippen MR) is 106 cm³/mol. The van der Waals surface area contributed by atoms with Gasteiger partial charge in [0.05, 0.1) is 12.9 Å². The molecule has 1 heterocycles. The van der Waals surface area contributed by atoms with E-state index < -0.39 is 0 Å². The molecule has 2 aromatic rings. The second-order valence-electron chi connectivity index (χ2n) is 6.27. The van der Waals surface area contributed by atoms with E-state index in [9.17, 15) is 4.79 Å². The van der Waals surface area contributed by atoms with E-state index in [2.05, 4.69) is 20.8 Å². The van der Waals surface area contributed by atoms with Crippen molar-refractivity contribution in [1.29, 1.82) is 0 Å². The van der Waals surface area contributed by atoms with Crippen molar-refractivity contribution in [3.63, 3.8) is 0 Å². The average molecular weight is 393 g/mol. The third kappa shape index (κ3) is 5.88. The van der Waals surface area contributed by atoms with Crippen LogP contribution in [-0.4, -0.2) is 35.0 Å². The molecule has 8 heteroatoms. The first kappa shape index (κ1) is 19.0. The Morgan fingerprint density at radius 3 is 2.96 bits per heavy atom. The smallest absolute Gasteiger partial charge is 0.230 e. The van der Waals surface area contributed by atoms with Crippen LogP contribution in [0.1, 0.15) is 37.7 Å². The number of methoxy groups -OCH3 is 1. The highest BCUT2D eigenvalue weighted by Crippen LogP contribution is 2.28. The van der Waals surface area contributed by atoms with Gasteiger partial charge in [0.15, 0.2) is 4.34 Å². The fourth-order valence-corrected chi connectivity index (χ4v) is 4.57. The van der Waals surface area contributed by atoms with Crippen LogP contribution in [0.2, 0.25) is 0 Å². The maximum Gasteiger partial charge on any atom is 0.230 e. The normalized spacial score (nSPS) is 14.8. The maximum absolute atomic E-state index is 12.0. The van der Waals surface area contributed by atoms with Crippen molar-refractivity contribution in [3.8, 4) is 5.75 Å². The van der Waals surface area contributed by atoms with E-state index in [0.717, 1.165) is 20.8 Å². The van der Waals surface area contributed by atoms with Crippen molar-refractivity contribution in [2.75, 3.05) is 18.2 Å². The van der Waals surface area contributed by atoms with Gasteiger partial charge in [-0.2, -0.15) is 0 Å². The molecule has 0 spiro atoms. The first-order valence-electron chi connectivity index (χ1n) is 8.85. The molecule has 0 unspecified atom stereocenters. The Balaban J connectivity index is 1.40. The van der Waals surface area contributed by atoms with Crippen LogP contribution in [0.5, 0.6) is 5.75 Å². The molecule has 1 amide bonds. The summed E-state index contributed by atoms with van der Waals surface area (Å²) in [6.07, 6.45) is 6.31. The average Bonchev–Trinajstić information content (AvgIpc) is 3.13. The van der Waals surface area contributed by atoms with E-state index >= 15 is 0 Å². The number of nitrogens with zero attached hydrogens (tertiary/aromatic N) is 2. The minimum atomic E-state index is -0.0187. The Morgan fingerprint density at radius 2 is 2.15 bits per heavy atom. The second-order valence-corrected chi connectivity index (χ2v) is 8.47. The number of carbonyl (C=O) groups excluding carboxylic acids is 1. The fraction of sp³-hybridized carbons (Fsp3) is 0.500. The molecule has 1 saturated carbocycles. The van der Waals surface area contributed by atoms with Gasteiger partial charge in [0.25, 0.3) is 0 Å². The van der Waals surface area contributed by atoms with E-state index in [0.29, 0.717) is 18.3 Å². The topological polar surface area (TPSA) is 76.1 Å². The van der Waals surface area contributed by atoms with Gasteiger partial charge < -0.3 is 15.4 Å². The van der Waals surface area contributed by atoms with Crippen LogP contribution < -0.4 is 15.4 Å². The third-order valence-electron chi connectivity index (χ3n) is 4.29. The van der Waals surface area contributed by atoms with E-state index in [4.69, 9.17) is 4.74 Å². The van der Waals surface area contributed by atoms with Crippen LogP contribution in [0.25, 0.3) is 0 Å². The van der Waals surface area contributed by atoms with E-state index in [1.807, 2.05) is 24.3 Å². The molecule has 1 aromatic heterocycles. The van der Waals surface area contributed by atoms with Crippen LogP contribution in [0.15, 0.2) is 28.6 Å². The Bertz CT molecular complexity index is 717. The summed E-state index contributed by atoms with van der Waals surface area (Å²) in [5, 5.41) is 15.6. The lowest BCUT2D eigenvalue weighted by Gasteiger charge is -2.21. The molecule has 1 aromatic carbocycles. The largest absolute Gasteiger partial charge is 0.497 e. The number of nitrogens with one attached hydrogen (secondary N) is 2. The van der Waals surface area contributed by atoms with Gasteiger partial charge in [-0.1, -0.05) is 54.5 Å². The molecule has 0 aliphatic heterocycles. The Kier molecular flexibility index (Phi) is 7.13. The van der Waals surface area contributed by atoms with Gasteiger partial charge in [-0.15, -0.1) is 10.2 Å². The summed E-state index contributed by atoms with van der Waals surface area (Å²) in [4.78, 5) is 12.0. The van der Waals surface area contributed by atoms with Crippen LogP contribution in [0.3, 0.4) is 0 Å². The molecule has 1 fully saturated rings. The third-order valence-corrected chi connectivity index (χ3v) is 6.28. The molecule has 140 valence electrons. The molecular weight excluding hydrogens is 368 g/mol. The molecule has 0 saturated heterocycles. The maximum atomic E-state index is 12.0. The molecule has 26 heavy (non-hydrogen) atoms. The quantitative estimate of drug-likeness (QED) is 0.667. The standard InChI is InChI=1S/C18H24N4O2S2/c1-24-15-9-5-6-13(10-15)11-19-16(23)12-25-18-22-21-17(26-18)20-14-7-3-2-4-8-14/h5-6,9-10,14H,2-4,7-8,11-12H2,1H3,(H,19,23)(H,20,21). The van der Waals surface area contributed by atoms with Crippen LogP contribution in [0.4, 0.5) is 5.13 Å². The molecule has 6 nitrogen and oxygen atoms in total. The minimum Gasteiger partial charge on any atom is -0.497 e. The number of aromatic nitrogens is 2. The van der Waals surface area contributed by atoms with E-state index in [1.54, 1.807) is 7.11 Å². The zero-order valence-electron chi connectivity index (χ0n) is 14.9. The Labute approximate surface area is 162 Å². The summed E-state index contributed by atoms with van der Waals surface area (Å²) in [6, 6.07) is 8.19. The number of carbonyl (C=O) groups is 1. The number of anilines is 1. The van der Waals surface area contributed by atoms with Gasteiger partial charge in [0.2, 0.25) is 11.0 Å². The number of thioether (sulfide) groups is 1. The van der Waals surface area contributed by atoms with Gasteiger partial charge in [0.1, 0.15) is 5.75 Å². The van der Waals surface area contributed by atoms with Crippen LogP contribution >= 0.6 is 23.1 Å². The monoisotopic (exact) mass is 392 g/mol. The summed E-state index contributed by atoms with van der Waals surface area (Å²) < 4.78 is 6.01. The molecule has 0 radical (unpaired) electrons. The Morgan fingerprint density at radius 1 is 1.31 bits per heavy atom. The van der Waals surface area contributed by atoms with Crippen molar-refractivity contribution < 1.29 is 9.53 Å². The lowest BCUT2D eigenvalue weighted by atomic mass is 9.96. The molecule has 3 rings (SSSR count). The van der Waals surface area contributed by atoms with Gasteiger partial charge >= 0.3 is 0 Å². The van der Waals surface area contributed by atoms with Crippen LogP contribution in [-0.2, 0) is 11.3 Å². The van der Waals surface area contributed by atoms with E-state index in [-0.39, 0.29) is 5.91 Å². The lowest BCUT2D eigenvalue weighted by molar-refractivity contribution is -0.118. The second kappa shape index (κ2) is 9.78. The minimum absolute atomic E-state index is 0.0187. The fourth-order valence-electron chi connectivity index (χ4n) is 2.91. The molecule has 0 atom stereocenters. The highest BCUT2D eigenvalue weighted by molar-refractivity contribution is 8.01. The van der Waals surface area contributed by atoms with Crippen molar-refractivity contribution in [2.24, 2.45) is 0 Å². The van der Waals surface area contributed by atoms with E-state index in [1.165, 1.54) is 55.2 Å². The van der Waals surface area contributed by atoms with Crippen molar-refractivity contribution in [1.82, 2.24) is 15.5 Å². The predicted octanol–water partition coefficient (Wildman–Crippen LogP) is 3.70. The summed E-state index contributed by atoms with van der Waals surface area (Å²) in [6.45, 7) is 0.487. The number of hydrogen-bond donors (Lipinski definition) is 2. The van der Waals surface area contributed by atoms with Crippen molar-refractivity contribution >= 4 is 34.1 Å². The first-order chi connectivity index (χ1) is 12.7. The van der Waals surface area contributed by atoms with Gasteiger partial charge in [-0.3, -0.25) is 4.79 Å². The highest BCUT2D eigenvalue weighted by atomic mass is 32.2. The first-order valence-corrected chi connectivity index (χ1v) is 10.7. The van der Waals surface area contributed by atoms with Crippen LogP contribution in [0, 0.1) is 0 Å². The van der Waals surface area contributed by atoms with Crippen molar-refractivity contribution in [2.45, 2.75) is 49.0 Å². The summed E-state index contributed by atoms with van der Waals surface area (Å²) in [7, 11) is 1.63. The lowest BCUT2D eigenvalue weighted by Crippen LogP contribution is -2.24. The van der Waals surface area contributed by atoms with Crippen molar-refractivity contribution in [3.05, 3.63) is 29.8 Å². The molecule has 1 aliphatic rings. The number of amides is 1. The highest BCUT2D eigenvalue weighted by Gasteiger charge is 2.15. The SMILES string of the molecule is COc1cccc(CNC(=O)CSc2nnc(NC3CCCCC3)s2)c1. The zero-order valence-corrected chi connectivity index (χ0v) is 16.5. The van der Waals surface area contributed by atoms with Gasteiger partial charge in [0, 0.05) is 12.6 Å². The van der Waals surface area contributed by atoms with Gasteiger partial charge in [-0.05, 0) is 30.5 Å². The molecule has 2 N–H and O–H groups in total. The molecular formula is C18H24N4O2S2. The Hall–Kier alpha value is -1.80.